The molecule has 2 atom stereocenters. The van der Waals surface area contributed by atoms with Crippen LogP contribution in [0.15, 0.2) is 84.9 Å². The second kappa shape index (κ2) is 12.0. The summed E-state index contributed by atoms with van der Waals surface area (Å²) < 4.78 is 11.2. The lowest BCUT2D eigenvalue weighted by molar-refractivity contribution is -0.131. The van der Waals surface area contributed by atoms with Crippen molar-refractivity contribution in [1.82, 2.24) is 16.1 Å². The van der Waals surface area contributed by atoms with Crippen molar-refractivity contribution in [3.8, 4) is 17.2 Å². The molecule has 3 amide bonds. The molecule has 3 rings (SSSR count). The Hall–Kier alpha value is -4.37. The van der Waals surface area contributed by atoms with Gasteiger partial charge >= 0.3 is 0 Å². The Labute approximate surface area is 196 Å². The summed E-state index contributed by atoms with van der Waals surface area (Å²) in [5.41, 5.74) is 1.76. The number of benzene rings is 3. The van der Waals surface area contributed by atoms with E-state index in [-0.39, 0.29) is 12.1 Å². The van der Waals surface area contributed by atoms with Crippen molar-refractivity contribution in [2.24, 2.45) is 0 Å². The number of hydrogen-bond acceptors (Lipinski definition) is 6. The highest BCUT2D eigenvalue weighted by molar-refractivity contribution is 5.97. The van der Waals surface area contributed by atoms with Crippen LogP contribution in [-0.2, 0) is 9.59 Å². The molecule has 176 valence electrons. The first kappa shape index (κ1) is 24.3. The summed E-state index contributed by atoms with van der Waals surface area (Å²) in [6, 6.07) is 23.1. The van der Waals surface area contributed by atoms with Gasteiger partial charge in [0.1, 0.15) is 23.3 Å². The fourth-order valence-electron chi connectivity index (χ4n) is 2.93. The maximum absolute atomic E-state index is 12.6. The molecule has 0 aromatic heterocycles. The van der Waals surface area contributed by atoms with Crippen molar-refractivity contribution in [1.29, 1.82) is 0 Å². The SMILES string of the molecule is CC(Oc1ccccc1)C(=O)NCC(NC(=O)c1ccc(Oc2ccccc2)cc1)C(=O)NO. The zero-order valence-electron chi connectivity index (χ0n) is 18.4. The van der Waals surface area contributed by atoms with Crippen LogP contribution >= 0.6 is 0 Å². The number of carbonyl (C=O) groups excluding carboxylic acids is 3. The normalized spacial score (nSPS) is 12.1. The highest BCUT2D eigenvalue weighted by atomic mass is 16.5. The Kier molecular flexibility index (Phi) is 8.59. The number of rotatable bonds is 10. The third-order valence-electron chi connectivity index (χ3n) is 4.73. The minimum absolute atomic E-state index is 0.255. The van der Waals surface area contributed by atoms with Crippen LogP contribution in [0.2, 0.25) is 0 Å². The fourth-order valence-corrected chi connectivity index (χ4v) is 2.93. The van der Waals surface area contributed by atoms with E-state index in [0.29, 0.717) is 17.2 Å². The molecule has 2 unspecified atom stereocenters. The summed E-state index contributed by atoms with van der Waals surface area (Å²) >= 11 is 0. The highest BCUT2D eigenvalue weighted by Gasteiger charge is 2.23. The van der Waals surface area contributed by atoms with Gasteiger partial charge in [0.25, 0.3) is 17.7 Å². The minimum atomic E-state index is -1.22. The molecule has 3 aromatic carbocycles. The Bertz CT molecular complexity index is 1090. The highest BCUT2D eigenvalue weighted by Crippen LogP contribution is 2.21. The van der Waals surface area contributed by atoms with E-state index in [1.807, 2.05) is 24.3 Å². The smallest absolute Gasteiger partial charge is 0.267 e. The first-order valence-electron chi connectivity index (χ1n) is 10.5. The number of ether oxygens (including phenoxy) is 2. The van der Waals surface area contributed by atoms with Gasteiger partial charge in [0.05, 0.1) is 0 Å². The fraction of sp³-hybridized carbons (Fsp3) is 0.160. The summed E-state index contributed by atoms with van der Waals surface area (Å²) in [4.78, 5) is 37.0. The Balaban J connectivity index is 1.56. The molecule has 0 fully saturated rings. The van der Waals surface area contributed by atoms with Gasteiger partial charge in [-0.15, -0.1) is 0 Å². The molecule has 0 aliphatic heterocycles. The van der Waals surface area contributed by atoms with Gasteiger partial charge < -0.3 is 20.1 Å². The Morgan fingerprint density at radius 1 is 0.794 bits per heavy atom. The molecule has 0 bridgehead atoms. The van der Waals surface area contributed by atoms with Crippen LogP contribution in [-0.4, -0.2) is 41.6 Å². The average molecular weight is 463 g/mol. The van der Waals surface area contributed by atoms with Gasteiger partial charge in [-0.25, -0.2) is 5.48 Å². The third kappa shape index (κ3) is 7.07. The lowest BCUT2D eigenvalue weighted by atomic mass is 10.1. The number of hydrogen-bond donors (Lipinski definition) is 4. The molecular formula is C25H25N3O6. The van der Waals surface area contributed by atoms with E-state index in [1.165, 1.54) is 17.6 Å². The molecule has 9 heteroatoms. The topological polar surface area (TPSA) is 126 Å². The van der Waals surface area contributed by atoms with E-state index < -0.39 is 29.9 Å². The maximum atomic E-state index is 12.6. The third-order valence-corrected chi connectivity index (χ3v) is 4.73. The van der Waals surface area contributed by atoms with Crippen molar-refractivity contribution in [2.75, 3.05) is 6.54 Å². The summed E-state index contributed by atoms with van der Waals surface area (Å²) in [6.07, 6.45) is -0.840. The van der Waals surface area contributed by atoms with Gasteiger partial charge in [0.15, 0.2) is 6.10 Å². The monoisotopic (exact) mass is 463 g/mol. The molecule has 0 spiro atoms. The molecule has 0 aliphatic rings. The van der Waals surface area contributed by atoms with Crippen molar-refractivity contribution in [3.63, 3.8) is 0 Å². The van der Waals surface area contributed by atoms with Crippen molar-refractivity contribution >= 4 is 17.7 Å². The van der Waals surface area contributed by atoms with E-state index in [0.717, 1.165) is 0 Å². The number of nitrogens with one attached hydrogen (secondary N) is 3. The number of amides is 3. The molecule has 0 heterocycles. The van der Waals surface area contributed by atoms with Crippen LogP contribution in [0.3, 0.4) is 0 Å². The molecule has 3 aromatic rings. The van der Waals surface area contributed by atoms with Crippen molar-refractivity contribution in [3.05, 3.63) is 90.5 Å². The van der Waals surface area contributed by atoms with E-state index in [4.69, 9.17) is 14.7 Å². The van der Waals surface area contributed by atoms with Gasteiger partial charge in [0.2, 0.25) is 0 Å². The summed E-state index contributed by atoms with van der Waals surface area (Å²) in [5.74, 6) is -0.233. The summed E-state index contributed by atoms with van der Waals surface area (Å²) in [5, 5.41) is 14.1. The molecule has 0 saturated carbocycles. The van der Waals surface area contributed by atoms with Gasteiger partial charge in [0, 0.05) is 12.1 Å². The molecule has 4 N–H and O–H groups in total. The Morgan fingerprint density at radius 2 is 1.35 bits per heavy atom. The molecular weight excluding hydrogens is 438 g/mol. The van der Waals surface area contributed by atoms with Crippen molar-refractivity contribution < 1.29 is 29.1 Å². The van der Waals surface area contributed by atoms with Crippen LogP contribution < -0.4 is 25.6 Å². The second-order valence-corrected chi connectivity index (χ2v) is 7.26. The molecule has 0 radical (unpaired) electrons. The average Bonchev–Trinajstić information content (AvgIpc) is 2.87. The lowest BCUT2D eigenvalue weighted by Gasteiger charge is -2.19. The van der Waals surface area contributed by atoms with Gasteiger partial charge in [-0.1, -0.05) is 36.4 Å². The largest absolute Gasteiger partial charge is 0.481 e. The van der Waals surface area contributed by atoms with Crippen LogP contribution in [0.5, 0.6) is 17.2 Å². The van der Waals surface area contributed by atoms with Gasteiger partial charge in [-0.05, 0) is 55.5 Å². The number of para-hydroxylation sites is 2. The number of hydroxylamine groups is 1. The van der Waals surface area contributed by atoms with E-state index in [9.17, 15) is 14.4 Å². The van der Waals surface area contributed by atoms with E-state index >= 15 is 0 Å². The predicted molar refractivity (Wildman–Crippen MR) is 124 cm³/mol. The van der Waals surface area contributed by atoms with Crippen LogP contribution in [0.4, 0.5) is 0 Å². The lowest BCUT2D eigenvalue weighted by Crippen LogP contribution is -2.53. The maximum Gasteiger partial charge on any atom is 0.267 e. The van der Waals surface area contributed by atoms with E-state index in [1.54, 1.807) is 55.5 Å². The summed E-state index contributed by atoms with van der Waals surface area (Å²) in [6.45, 7) is 1.30. The first-order chi connectivity index (χ1) is 16.5. The molecule has 0 aliphatic carbocycles. The Morgan fingerprint density at radius 3 is 1.94 bits per heavy atom. The zero-order valence-corrected chi connectivity index (χ0v) is 18.4. The van der Waals surface area contributed by atoms with Crippen LogP contribution in [0, 0.1) is 0 Å². The van der Waals surface area contributed by atoms with Gasteiger partial charge in [-0.3, -0.25) is 19.6 Å². The van der Waals surface area contributed by atoms with Gasteiger partial charge in [-0.2, -0.15) is 0 Å². The zero-order chi connectivity index (χ0) is 24.3. The molecule has 34 heavy (non-hydrogen) atoms. The minimum Gasteiger partial charge on any atom is -0.481 e. The van der Waals surface area contributed by atoms with E-state index in [2.05, 4.69) is 10.6 Å². The summed E-state index contributed by atoms with van der Waals surface area (Å²) in [7, 11) is 0. The van der Waals surface area contributed by atoms with Crippen molar-refractivity contribution in [2.45, 2.75) is 19.1 Å². The molecule has 9 nitrogen and oxygen atoms in total. The van der Waals surface area contributed by atoms with Crippen LogP contribution in [0.1, 0.15) is 17.3 Å². The second-order valence-electron chi connectivity index (χ2n) is 7.26. The van der Waals surface area contributed by atoms with Crippen LogP contribution in [0.25, 0.3) is 0 Å². The molecule has 0 saturated heterocycles. The standard InChI is InChI=1S/C25H25N3O6/c1-17(33-19-8-4-2-5-9-19)23(29)26-16-22(25(31)28-32)27-24(30)18-12-14-21(15-13-18)34-20-10-6-3-7-11-20/h2-15,17,22,32H,16H2,1H3,(H,26,29)(H,27,30)(H,28,31). The first-order valence-corrected chi connectivity index (χ1v) is 10.5. The number of carbonyl (C=O) groups is 3. The quantitative estimate of drug-likeness (QED) is 0.271. The predicted octanol–water partition coefficient (Wildman–Crippen LogP) is 2.67.